The average Bonchev–Trinajstić information content (AvgIpc) is 3.19. The zero-order valence-corrected chi connectivity index (χ0v) is 20.4. The highest BCUT2D eigenvalue weighted by Crippen LogP contribution is 2.32. The van der Waals surface area contributed by atoms with Crippen molar-refractivity contribution in [3.05, 3.63) is 94.5 Å². The van der Waals surface area contributed by atoms with Crippen LogP contribution in [0.4, 0.5) is 5.69 Å². The van der Waals surface area contributed by atoms with Crippen molar-refractivity contribution in [2.45, 2.75) is 51.6 Å². The number of fused-ring (bicyclic) bond motifs is 1. The smallest absolute Gasteiger partial charge is 0.330 e. The minimum Gasteiger partial charge on any atom is -0.491 e. The van der Waals surface area contributed by atoms with Crippen LogP contribution in [0.25, 0.3) is 0 Å². The normalized spacial score (nSPS) is 13.8. The summed E-state index contributed by atoms with van der Waals surface area (Å²) in [6.07, 6.45) is 1.26. The van der Waals surface area contributed by atoms with Gasteiger partial charge in [0.1, 0.15) is 11.3 Å². The summed E-state index contributed by atoms with van der Waals surface area (Å²) in [7, 11) is 0. The van der Waals surface area contributed by atoms with Crippen molar-refractivity contribution < 1.29 is 19.4 Å². The van der Waals surface area contributed by atoms with Crippen molar-refractivity contribution >= 4 is 17.6 Å². The Morgan fingerprint density at radius 1 is 1.00 bits per heavy atom. The van der Waals surface area contributed by atoms with Gasteiger partial charge in [0.05, 0.1) is 12.3 Å². The minimum absolute atomic E-state index is 0.182. The Bertz CT molecular complexity index is 1210. The largest absolute Gasteiger partial charge is 0.491 e. The predicted molar refractivity (Wildman–Crippen MR) is 137 cm³/mol. The molecule has 3 aromatic carbocycles. The molecule has 0 spiro atoms. The van der Waals surface area contributed by atoms with Gasteiger partial charge in [-0.1, -0.05) is 54.1 Å². The van der Waals surface area contributed by atoms with Crippen LogP contribution in [-0.2, 0) is 24.1 Å². The average molecular weight is 473 g/mol. The summed E-state index contributed by atoms with van der Waals surface area (Å²) < 4.78 is 6.11. The Labute approximate surface area is 206 Å². The zero-order chi connectivity index (χ0) is 25.0. The van der Waals surface area contributed by atoms with Crippen LogP contribution in [0.2, 0.25) is 0 Å². The first-order valence-corrected chi connectivity index (χ1v) is 12.0. The molecule has 0 saturated carbocycles. The van der Waals surface area contributed by atoms with Crippen LogP contribution in [0.3, 0.4) is 0 Å². The number of carbonyl (C=O) groups excluding carboxylic acids is 1. The first-order valence-electron chi connectivity index (χ1n) is 12.0. The number of benzene rings is 3. The summed E-state index contributed by atoms with van der Waals surface area (Å²) in [6.45, 7) is 6.58. The third kappa shape index (κ3) is 5.65. The Morgan fingerprint density at radius 2 is 1.71 bits per heavy atom. The number of anilines is 1. The van der Waals surface area contributed by atoms with Gasteiger partial charge in [-0.2, -0.15) is 0 Å². The lowest BCUT2D eigenvalue weighted by molar-refractivity contribution is -0.144. The Kier molecular flexibility index (Phi) is 7.10. The van der Waals surface area contributed by atoms with E-state index in [1.54, 1.807) is 12.1 Å². The number of nitrogens with one attached hydrogen (secondary N) is 2. The van der Waals surface area contributed by atoms with Gasteiger partial charge in [0.2, 0.25) is 0 Å². The molecule has 0 radical (unpaired) electrons. The lowest BCUT2D eigenvalue weighted by Gasteiger charge is -2.26. The van der Waals surface area contributed by atoms with E-state index in [4.69, 9.17) is 4.74 Å². The van der Waals surface area contributed by atoms with Crippen LogP contribution >= 0.6 is 0 Å². The maximum absolute atomic E-state index is 13.2. The summed E-state index contributed by atoms with van der Waals surface area (Å²) in [6, 6.07) is 21.3. The van der Waals surface area contributed by atoms with Gasteiger partial charge in [0, 0.05) is 30.9 Å². The van der Waals surface area contributed by atoms with E-state index in [9.17, 15) is 14.7 Å². The van der Waals surface area contributed by atoms with Gasteiger partial charge in [-0.3, -0.25) is 4.79 Å². The first-order chi connectivity index (χ1) is 16.8. The zero-order valence-electron chi connectivity index (χ0n) is 20.4. The quantitative estimate of drug-likeness (QED) is 0.417. The molecule has 3 N–H and O–H groups in total. The lowest BCUT2D eigenvalue weighted by Crippen LogP contribution is -2.55. The summed E-state index contributed by atoms with van der Waals surface area (Å²) >= 11 is 0. The van der Waals surface area contributed by atoms with E-state index >= 15 is 0 Å². The van der Waals surface area contributed by atoms with E-state index in [1.807, 2.05) is 50.2 Å². The van der Waals surface area contributed by atoms with Crippen LogP contribution in [0.1, 0.15) is 46.5 Å². The van der Waals surface area contributed by atoms with Crippen LogP contribution in [-0.4, -0.2) is 35.2 Å². The third-order valence-electron chi connectivity index (χ3n) is 6.28. The molecule has 0 atom stereocenters. The molecule has 0 aliphatic heterocycles. The third-order valence-corrected chi connectivity index (χ3v) is 6.28. The number of carbonyl (C=O) groups is 2. The molecule has 0 aromatic heterocycles. The van der Waals surface area contributed by atoms with Gasteiger partial charge >= 0.3 is 5.97 Å². The second-order valence-corrected chi connectivity index (χ2v) is 9.56. The number of rotatable bonds is 9. The SMILES string of the molecule is Cc1cccc(CCOc2cc(C(=O)NC3(C(=O)O)Cc4ccccc4C3)ccc2NC(C)C)c1. The van der Waals surface area contributed by atoms with E-state index < -0.39 is 17.4 Å². The topological polar surface area (TPSA) is 87.7 Å². The Morgan fingerprint density at radius 3 is 2.34 bits per heavy atom. The van der Waals surface area contributed by atoms with E-state index in [1.165, 1.54) is 11.1 Å². The van der Waals surface area contributed by atoms with Crippen LogP contribution in [0.5, 0.6) is 5.75 Å². The number of ether oxygens (including phenoxy) is 1. The molecular formula is C29H32N2O4. The Balaban J connectivity index is 1.52. The molecule has 6 nitrogen and oxygen atoms in total. The molecule has 0 unspecified atom stereocenters. The van der Waals surface area contributed by atoms with Gasteiger partial charge in [0.25, 0.3) is 5.91 Å². The molecule has 182 valence electrons. The molecule has 35 heavy (non-hydrogen) atoms. The highest BCUT2D eigenvalue weighted by molar-refractivity contribution is 5.99. The minimum atomic E-state index is -1.36. The summed E-state index contributed by atoms with van der Waals surface area (Å²) in [5.74, 6) is -0.896. The molecule has 0 bridgehead atoms. The highest BCUT2D eigenvalue weighted by atomic mass is 16.5. The lowest BCUT2D eigenvalue weighted by atomic mass is 9.95. The van der Waals surface area contributed by atoms with E-state index in [0.717, 1.165) is 23.2 Å². The molecule has 1 aliphatic rings. The second kappa shape index (κ2) is 10.2. The molecular weight excluding hydrogens is 440 g/mol. The monoisotopic (exact) mass is 472 g/mol. The highest BCUT2D eigenvalue weighted by Gasteiger charge is 2.45. The number of aliphatic carboxylic acids is 1. The van der Waals surface area contributed by atoms with Gasteiger partial charge in [-0.25, -0.2) is 4.79 Å². The van der Waals surface area contributed by atoms with Crippen molar-refractivity contribution in [3.63, 3.8) is 0 Å². The van der Waals surface area contributed by atoms with Crippen LogP contribution < -0.4 is 15.4 Å². The van der Waals surface area contributed by atoms with E-state index in [-0.39, 0.29) is 18.9 Å². The maximum Gasteiger partial charge on any atom is 0.330 e. The fraction of sp³-hybridized carbons (Fsp3) is 0.310. The van der Waals surface area contributed by atoms with Gasteiger partial charge in [-0.15, -0.1) is 0 Å². The number of carboxylic acids is 1. The molecule has 6 heteroatoms. The van der Waals surface area contributed by atoms with Gasteiger partial charge in [0.15, 0.2) is 0 Å². The van der Waals surface area contributed by atoms with Crippen molar-refractivity contribution in [1.29, 1.82) is 0 Å². The summed E-state index contributed by atoms with van der Waals surface area (Å²) in [5.41, 5.74) is 4.08. The number of hydrogen-bond acceptors (Lipinski definition) is 4. The molecule has 0 fully saturated rings. The number of carboxylic acid groups (broad SMARTS) is 1. The maximum atomic E-state index is 13.2. The molecule has 0 saturated heterocycles. The van der Waals surface area contributed by atoms with Crippen LogP contribution in [0.15, 0.2) is 66.7 Å². The second-order valence-electron chi connectivity index (χ2n) is 9.56. The van der Waals surface area contributed by atoms with Gasteiger partial charge < -0.3 is 20.5 Å². The fourth-order valence-electron chi connectivity index (χ4n) is 4.56. The predicted octanol–water partition coefficient (Wildman–Crippen LogP) is 4.79. The first kappa shape index (κ1) is 24.3. The van der Waals surface area contributed by atoms with Crippen molar-refractivity contribution in [2.24, 2.45) is 0 Å². The van der Waals surface area contributed by atoms with E-state index in [0.29, 0.717) is 17.9 Å². The number of aryl methyl sites for hydroxylation is 1. The number of hydrogen-bond donors (Lipinski definition) is 3. The van der Waals surface area contributed by atoms with E-state index in [2.05, 4.69) is 35.8 Å². The molecule has 4 rings (SSSR count). The number of amides is 1. The van der Waals surface area contributed by atoms with Crippen molar-refractivity contribution in [1.82, 2.24) is 5.32 Å². The molecule has 1 aliphatic carbocycles. The standard InChI is InChI=1S/C29H32N2O4/c1-19(2)30-25-12-11-22(16-26(25)35-14-13-21-8-6-7-20(3)15-21)27(32)31-29(28(33)34)17-23-9-4-5-10-24(23)18-29/h4-12,15-16,19,30H,13-14,17-18H2,1-3H3,(H,31,32)(H,33,34). The van der Waals surface area contributed by atoms with Crippen molar-refractivity contribution in [2.75, 3.05) is 11.9 Å². The summed E-state index contributed by atoms with van der Waals surface area (Å²) in [5, 5.41) is 16.2. The molecule has 3 aromatic rings. The molecule has 0 heterocycles. The van der Waals surface area contributed by atoms with Crippen LogP contribution in [0, 0.1) is 6.92 Å². The molecule has 1 amide bonds. The summed E-state index contributed by atoms with van der Waals surface area (Å²) in [4.78, 5) is 25.5. The van der Waals surface area contributed by atoms with Crippen molar-refractivity contribution in [3.8, 4) is 5.75 Å². The van der Waals surface area contributed by atoms with Gasteiger partial charge in [-0.05, 0) is 55.7 Å². The Hall–Kier alpha value is -3.80. The fourth-order valence-corrected chi connectivity index (χ4v) is 4.56.